The van der Waals surface area contributed by atoms with Gasteiger partial charge in [0.05, 0.1) is 0 Å². The zero-order chi connectivity index (χ0) is 12.3. The molecule has 0 spiro atoms. The van der Waals surface area contributed by atoms with Crippen LogP contribution in [0.15, 0.2) is 18.2 Å². The molecule has 0 heterocycles. The zero-order valence-electron chi connectivity index (χ0n) is 10.6. The zero-order valence-corrected chi connectivity index (χ0v) is 11.6. The average Bonchev–Trinajstić information content (AvgIpc) is 2.14. The van der Waals surface area contributed by atoms with E-state index in [9.17, 15) is 4.79 Å². The first-order chi connectivity index (χ1) is 7.36. The third-order valence-corrected chi connectivity index (χ3v) is 2.88. The number of aldehydes is 1. The smallest absolute Gasteiger partial charge is 0.274 e. The van der Waals surface area contributed by atoms with Crippen LogP contribution in [0, 0.1) is 0 Å². The summed E-state index contributed by atoms with van der Waals surface area (Å²) < 4.78 is 5.86. The molecule has 1 aromatic rings. The molecule has 16 heavy (non-hydrogen) atoms. The summed E-state index contributed by atoms with van der Waals surface area (Å²) in [5.41, 5.74) is 1.66. The lowest BCUT2D eigenvalue weighted by Crippen LogP contribution is -2.20. The second-order valence-corrected chi connectivity index (χ2v) is 7.12. The summed E-state index contributed by atoms with van der Waals surface area (Å²) in [6.07, 6.45) is 0.908. The van der Waals surface area contributed by atoms with E-state index >= 15 is 0 Å². The van der Waals surface area contributed by atoms with Crippen LogP contribution in [0.25, 0.3) is 0 Å². The van der Waals surface area contributed by atoms with Gasteiger partial charge in [-0.2, -0.15) is 0 Å². The molecule has 0 unspecified atom stereocenters. The molecule has 0 aliphatic heterocycles. The van der Waals surface area contributed by atoms with Crippen LogP contribution in [0.1, 0.15) is 36.7 Å². The van der Waals surface area contributed by atoms with Gasteiger partial charge < -0.3 is 4.43 Å². The molecular weight excluding hydrogens is 216 g/mol. The van der Waals surface area contributed by atoms with E-state index in [1.807, 2.05) is 18.2 Å². The molecular formula is C13H19O2Si. The highest BCUT2D eigenvalue weighted by Crippen LogP contribution is 2.33. The molecule has 3 heteroatoms. The third kappa shape index (κ3) is 2.95. The highest BCUT2D eigenvalue weighted by Gasteiger charge is 2.23. The summed E-state index contributed by atoms with van der Waals surface area (Å²) >= 11 is 0. The van der Waals surface area contributed by atoms with Gasteiger partial charge >= 0.3 is 0 Å². The van der Waals surface area contributed by atoms with E-state index in [-0.39, 0.29) is 5.41 Å². The predicted octanol–water partition coefficient (Wildman–Crippen LogP) is 3.43. The van der Waals surface area contributed by atoms with E-state index < -0.39 is 9.04 Å². The molecule has 0 N–H and O–H groups in total. The van der Waals surface area contributed by atoms with Crippen LogP contribution in [-0.2, 0) is 5.41 Å². The van der Waals surface area contributed by atoms with Gasteiger partial charge in [0.15, 0.2) is 0 Å². The fourth-order valence-electron chi connectivity index (χ4n) is 1.75. The highest BCUT2D eigenvalue weighted by atomic mass is 28.3. The van der Waals surface area contributed by atoms with Gasteiger partial charge in [0, 0.05) is 11.1 Å². The summed E-state index contributed by atoms with van der Waals surface area (Å²) in [6, 6.07) is 5.67. The Bertz CT molecular complexity index is 378. The summed E-state index contributed by atoms with van der Waals surface area (Å²) in [5, 5.41) is 0. The van der Waals surface area contributed by atoms with Crippen molar-refractivity contribution >= 4 is 15.3 Å². The monoisotopic (exact) mass is 235 g/mol. The molecule has 2 nitrogen and oxygen atoms in total. The van der Waals surface area contributed by atoms with Crippen molar-refractivity contribution in [3.8, 4) is 5.75 Å². The van der Waals surface area contributed by atoms with E-state index in [4.69, 9.17) is 4.43 Å². The van der Waals surface area contributed by atoms with E-state index in [1.54, 1.807) is 0 Å². The first-order valence-electron chi connectivity index (χ1n) is 5.43. The van der Waals surface area contributed by atoms with Gasteiger partial charge in [-0.15, -0.1) is 0 Å². The minimum atomic E-state index is -0.809. The molecule has 1 radical (unpaired) electrons. The molecule has 87 valence electrons. The Morgan fingerprint density at radius 2 is 1.88 bits per heavy atom. The Hall–Kier alpha value is -1.09. The number of hydrogen-bond donors (Lipinski definition) is 0. The van der Waals surface area contributed by atoms with Gasteiger partial charge in [-0.05, 0) is 24.6 Å². The third-order valence-electron chi connectivity index (χ3n) is 2.25. The Labute approximate surface area is 99.4 Å². The van der Waals surface area contributed by atoms with E-state index in [0.29, 0.717) is 0 Å². The van der Waals surface area contributed by atoms with E-state index in [1.165, 1.54) is 0 Å². The van der Waals surface area contributed by atoms with Crippen molar-refractivity contribution in [2.45, 2.75) is 39.3 Å². The molecule has 0 aromatic heterocycles. The van der Waals surface area contributed by atoms with Gasteiger partial charge in [-0.25, -0.2) is 0 Å². The van der Waals surface area contributed by atoms with Gasteiger partial charge in [0.1, 0.15) is 12.0 Å². The maximum absolute atomic E-state index is 11.1. The van der Waals surface area contributed by atoms with Gasteiger partial charge in [-0.3, -0.25) is 4.79 Å². The molecule has 0 amide bonds. The summed E-state index contributed by atoms with van der Waals surface area (Å²) in [4.78, 5) is 11.1. The predicted molar refractivity (Wildman–Crippen MR) is 68.6 cm³/mol. The summed E-state index contributed by atoms with van der Waals surface area (Å²) in [7, 11) is -0.809. The SMILES string of the molecule is C[Si](C)Oc1cccc(C=O)c1C(C)(C)C. The normalized spacial score (nSPS) is 11.6. The van der Waals surface area contributed by atoms with Crippen molar-refractivity contribution in [3.05, 3.63) is 29.3 Å². The first-order valence-corrected chi connectivity index (χ1v) is 7.83. The number of carbonyl (C=O) groups excluding carboxylic acids is 1. The fourth-order valence-corrected chi connectivity index (χ4v) is 2.36. The molecule has 0 bridgehead atoms. The van der Waals surface area contributed by atoms with Crippen LogP contribution < -0.4 is 4.43 Å². The quantitative estimate of drug-likeness (QED) is 0.592. The van der Waals surface area contributed by atoms with Crippen molar-refractivity contribution in [2.24, 2.45) is 0 Å². The van der Waals surface area contributed by atoms with Gasteiger partial charge in [0.25, 0.3) is 9.04 Å². The maximum Gasteiger partial charge on any atom is 0.274 e. The molecule has 0 atom stereocenters. The van der Waals surface area contributed by atoms with Crippen molar-refractivity contribution in [2.75, 3.05) is 0 Å². The minimum Gasteiger partial charge on any atom is -0.542 e. The molecule has 0 saturated heterocycles. The Kier molecular flexibility index (Phi) is 3.91. The lowest BCUT2D eigenvalue weighted by Gasteiger charge is -2.25. The van der Waals surface area contributed by atoms with Crippen LogP contribution in [0.4, 0.5) is 0 Å². The molecule has 0 fully saturated rings. The number of hydrogen-bond acceptors (Lipinski definition) is 2. The van der Waals surface area contributed by atoms with E-state index in [2.05, 4.69) is 33.9 Å². The first kappa shape index (κ1) is 13.0. The largest absolute Gasteiger partial charge is 0.542 e. The van der Waals surface area contributed by atoms with Crippen LogP contribution in [-0.4, -0.2) is 15.3 Å². The molecule has 1 rings (SSSR count). The van der Waals surface area contributed by atoms with Crippen LogP contribution >= 0.6 is 0 Å². The van der Waals surface area contributed by atoms with Crippen molar-refractivity contribution < 1.29 is 9.22 Å². The lowest BCUT2D eigenvalue weighted by molar-refractivity contribution is 0.112. The molecule has 1 aromatic carbocycles. The van der Waals surface area contributed by atoms with Crippen LogP contribution in [0.2, 0.25) is 13.1 Å². The minimum absolute atomic E-state index is 0.0792. The number of rotatable bonds is 3. The van der Waals surface area contributed by atoms with Crippen molar-refractivity contribution in [3.63, 3.8) is 0 Å². The Morgan fingerprint density at radius 3 is 2.31 bits per heavy atom. The van der Waals surface area contributed by atoms with Gasteiger partial charge in [-0.1, -0.05) is 32.9 Å². The molecule has 0 aliphatic carbocycles. The molecule has 0 aliphatic rings. The topological polar surface area (TPSA) is 26.3 Å². The number of carbonyl (C=O) groups is 1. The van der Waals surface area contributed by atoms with E-state index in [0.717, 1.165) is 23.2 Å². The van der Waals surface area contributed by atoms with Crippen LogP contribution in [0.3, 0.4) is 0 Å². The summed E-state index contributed by atoms with van der Waals surface area (Å²) in [6.45, 7) is 10.5. The van der Waals surface area contributed by atoms with Crippen molar-refractivity contribution in [1.82, 2.24) is 0 Å². The molecule has 0 saturated carbocycles. The van der Waals surface area contributed by atoms with Crippen LogP contribution in [0.5, 0.6) is 5.75 Å². The Morgan fingerprint density at radius 1 is 1.25 bits per heavy atom. The second-order valence-electron chi connectivity index (χ2n) is 5.10. The van der Waals surface area contributed by atoms with Crippen molar-refractivity contribution in [1.29, 1.82) is 0 Å². The summed E-state index contributed by atoms with van der Waals surface area (Å²) in [5.74, 6) is 0.857. The average molecular weight is 235 g/mol. The number of benzene rings is 1. The fraction of sp³-hybridized carbons (Fsp3) is 0.462. The maximum atomic E-state index is 11.1. The standard InChI is InChI=1S/C13H19O2Si/c1-13(2,3)12-10(9-14)7-6-8-11(12)15-16(4)5/h6-9H,1-5H3. The Balaban J connectivity index is 3.32. The van der Waals surface area contributed by atoms with Gasteiger partial charge in [0.2, 0.25) is 0 Å². The lowest BCUT2D eigenvalue weighted by atomic mass is 9.83. The highest BCUT2D eigenvalue weighted by molar-refractivity contribution is 6.49. The second kappa shape index (κ2) is 4.83.